The predicted octanol–water partition coefficient (Wildman–Crippen LogP) is 5.35. The summed E-state index contributed by atoms with van der Waals surface area (Å²) in [6.07, 6.45) is 9.81. The first-order valence-corrected chi connectivity index (χ1v) is 8.93. The Hall–Kier alpha value is -0.370. The normalized spacial score (nSPS) is 40.0. The summed E-state index contributed by atoms with van der Waals surface area (Å²) in [6.45, 7) is 0. The minimum absolute atomic E-state index is 0.130. The molecule has 4 aliphatic rings. The molecule has 4 saturated carbocycles. The molecule has 1 aromatic carbocycles. The van der Waals surface area contributed by atoms with Crippen LogP contribution in [0.15, 0.2) is 24.3 Å². The van der Waals surface area contributed by atoms with Crippen LogP contribution >= 0.6 is 15.9 Å². The van der Waals surface area contributed by atoms with E-state index < -0.39 is 0 Å². The van der Waals surface area contributed by atoms with E-state index in [1.807, 2.05) is 12.1 Å². The third-order valence-corrected chi connectivity index (χ3v) is 7.37. The van der Waals surface area contributed by atoms with Crippen LogP contribution < -0.4 is 0 Å². The molecular formula is C18H22BrF. The Morgan fingerprint density at radius 3 is 2.00 bits per heavy atom. The third-order valence-electron chi connectivity index (χ3n) is 6.08. The summed E-state index contributed by atoms with van der Waals surface area (Å²) in [6, 6.07) is 7.08. The molecule has 4 aliphatic carbocycles. The van der Waals surface area contributed by atoms with Gasteiger partial charge in [0.2, 0.25) is 0 Å². The lowest BCUT2D eigenvalue weighted by Crippen LogP contribution is -2.50. The van der Waals surface area contributed by atoms with Crippen LogP contribution in [-0.4, -0.2) is 4.83 Å². The highest BCUT2D eigenvalue weighted by Gasteiger charge is 2.53. The maximum atomic E-state index is 13.0. The molecule has 1 aromatic rings. The number of hydrogen-bond acceptors (Lipinski definition) is 0. The van der Waals surface area contributed by atoms with E-state index in [1.165, 1.54) is 44.1 Å². The van der Waals surface area contributed by atoms with E-state index in [0.717, 1.165) is 24.2 Å². The SMILES string of the molecule is Fc1ccc(CC(Br)C23CC4CC(CC(C4)C2)C3)cc1. The maximum absolute atomic E-state index is 13.0. The van der Waals surface area contributed by atoms with Gasteiger partial charge in [-0.1, -0.05) is 28.1 Å². The van der Waals surface area contributed by atoms with Crippen molar-refractivity contribution in [3.8, 4) is 0 Å². The van der Waals surface area contributed by atoms with Crippen LogP contribution in [0.3, 0.4) is 0 Å². The molecule has 0 radical (unpaired) electrons. The summed E-state index contributed by atoms with van der Waals surface area (Å²) in [5.74, 6) is 2.85. The predicted molar refractivity (Wildman–Crippen MR) is 83.4 cm³/mol. The van der Waals surface area contributed by atoms with Crippen LogP contribution in [0.25, 0.3) is 0 Å². The number of benzene rings is 1. The van der Waals surface area contributed by atoms with Crippen LogP contribution in [0.5, 0.6) is 0 Å². The van der Waals surface area contributed by atoms with E-state index in [9.17, 15) is 4.39 Å². The van der Waals surface area contributed by atoms with Gasteiger partial charge in [0, 0.05) is 4.83 Å². The van der Waals surface area contributed by atoms with Gasteiger partial charge in [-0.05, 0) is 85.8 Å². The summed E-state index contributed by atoms with van der Waals surface area (Å²) < 4.78 is 13.0. The van der Waals surface area contributed by atoms with Crippen molar-refractivity contribution in [1.82, 2.24) is 0 Å². The lowest BCUT2D eigenvalue weighted by Gasteiger charge is -2.58. The van der Waals surface area contributed by atoms with E-state index in [-0.39, 0.29) is 5.82 Å². The summed E-state index contributed by atoms with van der Waals surface area (Å²) >= 11 is 4.03. The monoisotopic (exact) mass is 336 g/mol. The van der Waals surface area contributed by atoms with Crippen LogP contribution in [0.2, 0.25) is 0 Å². The fourth-order valence-electron chi connectivity index (χ4n) is 5.61. The van der Waals surface area contributed by atoms with Gasteiger partial charge in [0.25, 0.3) is 0 Å². The molecule has 0 aromatic heterocycles. The molecule has 0 amide bonds. The zero-order valence-electron chi connectivity index (χ0n) is 11.8. The van der Waals surface area contributed by atoms with Gasteiger partial charge in [-0.25, -0.2) is 4.39 Å². The van der Waals surface area contributed by atoms with Crippen molar-refractivity contribution in [3.05, 3.63) is 35.6 Å². The van der Waals surface area contributed by atoms with E-state index in [1.54, 1.807) is 12.1 Å². The summed E-state index contributed by atoms with van der Waals surface area (Å²) in [7, 11) is 0. The highest BCUT2D eigenvalue weighted by Crippen LogP contribution is 2.62. The standard InChI is InChI=1S/C18H22BrF/c19-17(8-12-1-3-16(20)4-2-12)18-9-13-5-14(10-18)7-15(6-13)11-18/h1-4,13-15,17H,5-11H2. The third kappa shape index (κ3) is 2.24. The zero-order chi connectivity index (χ0) is 13.7. The van der Waals surface area contributed by atoms with E-state index in [0.29, 0.717) is 10.2 Å². The summed E-state index contributed by atoms with van der Waals surface area (Å²) in [5, 5.41) is 0. The first-order valence-electron chi connectivity index (χ1n) is 8.01. The molecular weight excluding hydrogens is 315 g/mol. The van der Waals surface area contributed by atoms with Crippen molar-refractivity contribution >= 4 is 15.9 Å². The second kappa shape index (κ2) is 4.83. The van der Waals surface area contributed by atoms with Crippen molar-refractivity contribution in [1.29, 1.82) is 0 Å². The van der Waals surface area contributed by atoms with E-state index >= 15 is 0 Å². The topological polar surface area (TPSA) is 0 Å². The Morgan fingerprint density at radius 1 is 1.00 bits per heavy atom. The molecule has 2 heteroatoms. The molecule has 0 N–H and O–H groups in total. The van der Waals surface area contributed by atoms with Gasteiger partial charge in [0.1, 0.15) is 5.82 Å². The van der Waals surface area contributed by atoms with Gasteiger partial charge in [-0.3, -0.25) is 0 Å². The average Bonchev–Trinajstić information content (AvgIpc) is 2.40. The lowest BCUT2D eigenvalue weighted by atomic mass is 9.48. The molecule has 20 heavy (non-hydrogen) atoms. The summed E-state index contributed by atoms with van der Waals surface area (Å²) in [5.41, 5.74) is 1.80. The Kier molecular flexibility index (Phi) is 3.21. The Morgan fingerprint density at radius 2 is 1.50 bits per heavy atom. The zero-order valence-corrected chi connectivity index (χ0v) is 13.4. The first kappa shape index (κ1) is 13.3. The van der Waals surface area contributed by atoms with Crippen molar-refractivity contribution in [2.45, 2.75) is 49.8 Å². The van der Waals surface area contributed by atoms with E-state index in [4.69, 9.17) is 0 Å². The molecule has 0 heterocycles. The number of rotatable bonds is 3. The maximum Gasteiger partial charge on any atom is 0.123 e. The fourth-order valence-corrected chi connectivity index (χ4v) is 6.54. The summed E-state index contributed by atoms with van der Waals surface area (Å²) in [4.78, 5) is 0.564. The lowest BCUT2D eigenvalue weighted by molar-refractivity contribution is -0.0522. The first-order chi connectivity index (χ1) is 9.63. The quantitative estimate of drug-likeness (QED) is 0.653. The van der Waals surface area contributed by atoms with E-state index in [2.05, 4.69) is 15.9 Å². The smallest absolute Gasteiger partial charge is 0.123 e. The molecule has 0 aliphatic heterocycles. The largest absolute Gasteiger partial charge is 0.207 e. The molecule has 1 unspecified atom stereocenters. The van der Waals surface area contributed by atoms with Gasteiger partial charge in [-0.2, -0.15) is 0 Å². The van der Waals surface area contributed by atoms with Crippen LogP contribution in [0.4, 0.5) is 4.39 Å². The second-order valence-corrected chi connectivity index (χ2v) is 8.68. The molecule has 1 atom stereocenters. The highest BCUT2D eigenvalue weighted by molar-refractivity contribution is 9.09. The van der Waals surface area contributed by atoms with Crippen LogP contribution in [0.1, 0.15) is 44.1 Å². The minimum atomic E-state index is -0.130. The number of alkyl halides is 1. The van der Waals surface area contributed by atoms with Gasteiger partial charge in [0.05, 0.1) is 0 Å². The highest BCUT2D eigenvalue weighted by atomic mass is 79.9. The van der Waals surface area contributed by atoms with Crippen molar-refractivity contribution in [2.75, 3.05) is 0 Å². The second-order valence-electron chi connectivity index (χ2n) is 7.58. The molecule has 108 valence electrons. The van der Waals surface area contributed by atoms with Crippen molar-refractivity contribution < 1.29 is 4.39 Å². The molecule has 4 fully saturated rings. The van der Waals surface area contributed by atoms with Gasteiger partial charge in [-0.15, -0.1) is 0 Å². The van der Waals surface area contributed by atoms with Gasteiger partial charge < -0.3 is 0 Å². The van der Waals surface area contributed by atoms with Crippen LogP contribution in [0, 0.1) is 29.0 Å². The minimum Gasteiger partial charge on any atom is -0.207 e. The fraction of sp³-hybridized carbons (Fsp3) is 0.667. The van der Waals surface area contributed by atoms with Crippen LogP contribution in [-0.2, 0) is 6.42 Å². The molecule has 5 rings (SSSR count). The van der Waals surface area contributed by atoms with Crippen molar-refractivity contribution in [2.24, 2.45) is 23.2 Å². The molecule has 4 bridgehead atoms. The van der Waals surface area contributed by atoms with Crippen molar-refractivity contribution in [3.63, 3.8) is 0 Å². The van der Waals surface area contributed by atoms with Gasteiger partial charge in [0.15, 0.2) is 0 Å². The molecule has 0 spiro atoms. The number of halogens is 2. The number of hydrogen-bond donors (Lipinski definition) is 0. The molecule has 0 saturated heterocycles. The average molecular weight is 337 g/mol. The Labute approximate surface area is 129 Å². The Bertz CT molecular complexity index is 457. The van der Waals surface area contributed by atoms with Gasteiger partial charge >= 0.3 is 0 Å². The Balaban J connectivity index is 1.53. The molecule has 0 nitrogen and oxygen atoms in total.